The molecule has 5 aliphatic rings. The van der Waals surface area contributed by atoms with Gasteiger partial charge in [-0.05, 0) is 87.7 Å². The highest BCUT2D eigenvalue weighted by Crippen LogP contribution is 2.68. The van der Waals surface area contributed by atoms with E-state index in [1.165, 1.54) is 0 Å². The highest BCUT2D eigenvalue weighted by atomic mass is 16.6. The van der Waals surface area contributed by atoms with Gasteiger partial charge >= 0.3 is 5.97 Å². The van der Waals surface area contributed by atoms with Crippen LogP contribution in [-0.2, 0) is 14.3 Å². The molecule has 8 nitrogen and oxygen atoms in total. The Bertz CT molecular complexity index is 1010. The van der Waals surface area contributed by atoms with Gasteiger partial charge in [-0.3, -0.25) is 9.59 Å². The minimum absolute atomic E-state index is 0.104. The van der Waals surface area contributed by atoms with Gasteiger partial charge in [-0.1, -0.05) is 20.8 Å². The van der Waals surface area contributed by atoms with Crippen LogP contribution in [0.1, 0.15) is 79.6 Å². The van der Waals surface area contributed by atoms with Crippen LogP contribution >= 0.6 is 0 Å². The Balaban J connectivity index is 1.44. The standard InChI is InChI=1S/C29H44O8/c1-14-16(15(2)37-25(14)34)10-24(33)28(5,35)23-7-9-29(36)18-11-20(30)19-12-21(31)22(32)13-26(19,3)17(18)6-8-27(23,29)4/h11,14-17,19,21-24,31-33,35-36H,6-10,12-13H2,1-5H3/t14-,15-,16-,17-,19-,21+,22-,23-,24+,26+,27+,28+,29+/m0/s1. The number of ether oxygens (including phenoxy) is 1. The summed E-state index contributed by atoms with van der Waals surface area (Å²) in [5.41, 5.74) is -3.47. The van der Waals surface area contributed by atoms with E-state index in [4.69, 9.17) is 4.74 Å². The fraction of sp³-hybridized carbons (Fsp3) is 0.862. The van der Waals surface area contributed by atoms with E-state index in [0.717, 1.165) is 0 Å². The summed E-state index contributed by atoms with van der Waals surface area (Å²) < 4.78 is 5.34. The lowest BCUT2D eigenvalue weighted by molar-refractivity contribution is -0.178. The first-order chi connectivity index (χ1) is 17.1. The van der Waals surface area contributed by atoms with E-state index in [-0.39, 0.29) is 48.5 Å². The Labute approximate surface area is 219 Å². The third kappa shape index (κ3) is 3.65. The van der Waals surface area contributed by atoms with Crippen molar-refractivity contribution in [1.82, 2.24) is 0 Å². The van der Waals surface area contributed by atoms with Crippen LogP contribution in [0.2, 0.25) is 0 Å². The zero-order valence-electron chi connectivity index (χ0n) is 22.7. The van der Waals surface area contributed by atoms with E-state index in [2.05, 4.69) is 0 Å². The summed E-state index contributed by atoms with van der Waals surface area (Å²) in [5.74, 6) is -1.88. The number of aliphatic hydroxyl groups excluding tert-OH is 3. The number of hydrogen-bond donors (Lipinski definition) is 5. The van der Waals surface area contributed by atoms with Crippen LogP contribution in [0.25, 0.3) is 0 Å². The molecule has 0 bridgehead atoms. The van der Waals surface area contributed by atoms with Crippen molar-refractivity contribution in [2.75, 3.05) is 0 Å². The van der Waals surface area contributed by atoms with Crippen LogP contribution < -0.4 is 0 Å². The second kappa shape index (κ2) is 8.59. The lowest BCUT2D eigenvalue weighted by Gasteiger charge is -2.60. The molecule has 5 N–H and O–H groups in total. The van der Waals surface area contributed by atoms with E-state index < -0.39 is 52.2 Å². The molecule has 5 rings (SSSR count). The number of aliphatic hydroxyl groups is 5. The van der Waals surface area contributed by atoms with Crippen LogP contribution in [0.15, 0.2) is 11.6 Å². The quantitative estimate of drug-likeness (QED) is 0.354. The molecule has 0 aromatic heterocycles. The summed E-state index contributed by atoms with van der Waals surface area (Å²) in [6.07, 6.45) is 1.21. The molecular weight excluding hydrogens is 476 g/mol. The summed E-state index contributed by atoms with van der Waals surface area (Å²) in [6.45, 7) is 9.21. The number of hydrogen-bond acceptors (Lipinski definition) is 8. The SMILES string of the molecule is C[C@@H]1OC(=O)[C@@H](C)[C@@H]1C[C@@H](O)[C@](C)(O)[C@H]1CC[C@@]2(O)C3=CC(=O)[C@@H]4C[C@@H](O)[C@@H](O)C[C@]4(C)[C@H]3CC[C@]12C. The number of carbonyl (C=O) groups excluding carboxylic acids is 2. The van der Waals surface area contributed by atoms with Gasteiger partial charge in [-0.2, -0.15) is 0 Å². The van der Waals surface area contributed by atoms with E-state index in [0.29, 0.717) is 37.7 Å². The summed E-state index contributed by atoms with van der Waals surface area (Å²) in [7, 11) is 0. The maximum atomic E-state index is 13.3. The molecule has 0 aromatic carbocycles. The number of ketones is 1. The van der Waals surface area contributed by atoms with Gasteiger partial charge in [0, 0.05) is 17.3 Å². The molecule has 0 unspecified atom stereocenters. The number of cyclic esters (lactones) is 1. The second-order valence-electron chi connectivity index (χ2n) is 13.7. The first-order valence-corrected chi connectivity index (χ1v) is 14.0. The second-order valence-corrected chi connectivity index (χ2v) is 13.7. The third-order valence-corrected chi connectivity index (χ3v) is 11.9. The summed E-state index contributed by atoms with van der Waals surface area (Å²) in [4.78, 5) is 25.4. The highest BCUT2D eigenvalue weighted by molar-refractivity contribution is 5.95. The van der Waals surface area contributed by atoms with E-state index in [1.54, 1.807) is 19.9 Å². The molecule has 3 saturated carbocycles. The molecule has 0 radical (unpaired) electrons. The summed E-state index contributed by atoms with van der Waals surface area (Å²) >= 11 is 0. The molecule has 1 saturated heterocycles. The minimum Gasteiger partial charge on any atom is -0.462 e. The van der Waals surface area contributed by atoms with Gasteiger partial charge in [0.25, 0.3) is 0 Å². The smallest absolute Gasteiger partial charge is 0.309 e. The van der Waals surface area contributed by atoms with Crippen LogP contribution in [0.4, 0.5) is 0 Å². The lowest BCUT2D eigenvalue weighted by atomic mass is 9.45. The molecule has 4 aliphatic carbocycles. The van der Waals surface area contributed by atoms with Crippen molar-refractivity contribution in [3.05, 3.63) is 11.6 Å². The Hall–Kier alpha value is -1.32. The van der Waals surface area contributed by atoms with Gasteiger partial charge in [0.1, 0.15) is 6.10 Å². The molecule has 13 atom stereocenters. The fourth-order valence-corrected chi connectivity index (χ4v) is 9.39. The van der Waals surface area contributed by atoms with Crippen molar-refractivity contribution in [3.63, 3.8) is 0 Å². The van der Waals surface area contributed by atoms with E-state index in [1.807, 2.05) is 20.8 Å². The van der Waals surface area contributed by atoms with E-state index in [9.17, 15) is 35.1 Å². The molecule has 4 fully saturated rings. The van der Waals surface area contributed by atoms with Crippen molar-refractivity contribution in [2.45, 2.75) is 115 Å². The Morgan fingerprint density at radius 1 is 1.11 bits per heavy atom. The monoisotopic (exact) mass is 520 g/mol. The number of allylic oxidation sites excluding steroid dienone is 1. The fourth-order valence-electron chi connectivity index (χ4n) is 9.39. The predicted octanol–water partition coefficient (Wildman–Crippen LogP) is 1.89. The molecule has 1 heterocycles. The first kappa shape index (κ1) is 27.3. The average Bonchev–Trinajstić information content (AvgIpc) is 3.23. The van der Waals surface area contributed by atoms with Gasteiger partial charge in [0.15, 0.2) is 5.78 Å². The van der Waals surface area contributed by atoms with Crippen molar-refractivity contribution < 1.29 is 39.9 Å². The number of rotatable bonds is 4. The predicted molar refractivity (Wildman–Crippen MR) is 134 cm³/mol. The van der Waals surface area contributed by atoms with Gasteiger partial charge < -0.3 is 30.3 Å². The molecule has 0 aromatic rings. The molecule has 37 heavy (non-hydrogen) atoms. The molecule has 1 aliphatic heterocycles. The number of fused-ring (bicyclic) bond motifs is 5. The van der Waals surface area contributed by atoms with Crippen LogP contribution in [0, 0.1) is 40.4 Å². The molecular formula is C29H44O8. The van der Waals surface area contributed by atoms with E-state index >= 15 is 0 Å². The Morgan fingerprint density at radius 2 is 1.78 bits per heavy atom. The average molecular weight is 521 g/mol. The Kier molecular flexibility index (Phi) is 6.33. The lowest BCUT2D eigenvalue weighted by Crippen LogP contribution is -2.63. The van der Waals surface area contributed by atoms with Crippen molar-refractivity contribution >= 4 is 11.8 Å². The van der Waals surface area contributed by atoms with Gasteiger partial charge in [-0.25, -0.2) is 0 Å². The van der Waals surface area contributed by atoms with Crippen molar-refractivity contribution in [3.8, 4) is 0 Å². The normalized spacial score (nSPS) is 51.9. The first-order valence-electron chi connectivity index (χ1n) is 14.0. The molecule has 8 heteroatoms. The van der Waals surface area contributed by atoms with Crippen LogP contribution in [-0.4, -0.2) is 72.9 Å². The Morgan fingerprint density at radius 3 is 2.41 bits per heavy atom. The maximum Gasteiger partial charge on any atom is 0.309 e. The summed E-state index contributed by atoms with van der Waals surface area (Å²) in [5, 5.41) is 56.2. The molecule has 0 spiro atoms. The topological polar surface area (TPSA) is 145 Å². The van der Waals surface area contributed by atoms with Crippen molar-refractivity contribution in [2.24, 2.45) is 40.4 Å². The van der Waals surface area contributed by atoms with Crippen LogP contribution in [0.3, 0.4) is 0 Å². The zero-order valence-corrected chi connectivity index (χ0v) is 22.7. The van der Waals surface area contributed by atoms with Gasteiger partial charge in [0.05, 0.1) is 35.4 Å². The maximum absolute atomic E-state index is 13.3. The van der Waals surface area contributed by atoms with Crippen LogP contribution in [0.5, 0.6) is 0 Å². The van der Waals surface area contributed by atoms with Gasteiger partial charge in [-0.15, -0.1) is 0 Å². The number of esters is 1. The van der Waals surface area contributed by atoms with Gasteiger partial charge in [0.2, 0.25) is 0 Å². The zero-order chi connectivity index (χ0) is 27.3. The summed E-state index contributed by atoms with van der Waals surface area (Å²) in [6, 6.07) is 0. The number of carbonyl (C=O) groups is 2. The third-order valence-electron chi connectivity index (χ3n) is 11.9. The van der Waals surface area contributed by atoms with Crippen molar-refractivity contribution in [1.29, 1.82) is 0 Å². The molecule has 208 valence electrons. The largest absolute Gasteiger partial charge is 0.462 e. The highest BCUT2D eigenvalue weighted by Gasteiger charge is 2.69. The minimum atomic E-state index is -1.52. The molecule has 0 amide bonds.